The summed E-state index contributed by atoms with van der Waals surface area (Å²) in [5, 5.41) is 109. The lowest BCUT2D eigenvalue weighted by Gasteiger charge is -2.47. The average molecular weight is 504 g/mol. The maximum atomic E-state index is 10.8. The van der Waals surface area contributed by atoms with E-state index >= 15 is 0 Å². The second-order valence-corrected chi connectivity index (χ2v) is 7.97. The summed E-state index contributed by atoms with van der Waals surface area (Å²) in [6.07, 6.45) is -25.8. The molecular weight excluding hydrogens is 472 g/mol. The van der Waals surface area contributed by atoms with Crippen molar-refractivity contribution in [1.82, 2.24) is 0 Å². The Hall–Kier alpha value is -0.930. The first-order valence-electron chi connectivity index (χ1n) is 10.4. The first-order chi connectivity index (χ1) is 16.0. The first-order valence-corrected chi connectivity index (χ1v) is 10.4. The monoisotopic (exact) mass is 504 g/mol. The molecule has 34 heavy (non-hydrogen) atoms. The number of aldehydes is 1. The number of carbonyl (C=O) groups excluding carboxylic acids is 1. The Morgan fingerprint density at radius 2 is 1.29 bits per heavy atom. The highest BCUT2D eigenvalue weighted by Crippen LogP contribution is 2.31. The zero-order valence-electron chi connectivity index (χ0n) is 17.7. The van der Waals surface area contributed by atoms with Crippen molar-refractivity contribution in [3.05, 3.63) is 0 Å². The molecule has 0 spiro atoms. The molecule has 0 aromatic rings. The Morgan fingerprint density at radius 1 is 0.765 bits per heavy atom. The molecule has 0 aliphatic carbocycles. The summed E-state index contributed by atoms with van der Waals surface area (Å²) in [7, 11) is 0. The van der Waals surface area contributed by atoms with Crippen LogP contribution in [-0.4, -0.2) is 168 Å². The van der Waals surface area contributed by atoms with E-state index in [1.165, 1.54) is 0 Å². The molecule has 2 aliphatic rings. The molecule has 0 amide bonds. The van der Waals surface area contributed by atoms with Gasteiger partial charge in [-0.15, -0.1) is 0 Å². The third kappa shape index (κ3) is 6.25. The maximum Gasteiger partial charge on any atom is 0.187 e. The Balaban J connectivity index is 2.33. The third-order valence-corrected chi connectivity index (χ3v) is 5.65. The number of hydrogen-bond acceptors (Lipinski definition) is 16. The van der Waals surface area contributed by atoms with Crippen LogP contribution in [0.1, 0.15) is 0 Å². The highest BCUT2D eigenvalue weighted by Gasteiger charge is 2.52. The first kappa shape index (κ1) is 29.3. The quantitative estimate of drug-likeness (QED) is 0.117. The lowest BCUT2D eigenvalue weighted by Crippen LogP contribution is -2.65. The van der Waals surface area contributed by atoms with E-state index in [0.29, 0.717) is 0 Å². The van der Waals surface area contributed by atoms with Crippen LogP contribution in [0.2, 0.25) is 0 Å². The van der Waals surface area contributed by atoms with Gasteiger partial charge in [-0.05, 0) is 0 Å². The zero-order valence-corrected chi connectivity index (χ0v) is 17.7. The van der Waals surface area contributed by atoms with Crippen molar-refractivity contribution < 1.29 is 79.9 Å². The van der Waals surface area contributed by atoms with E-state index in [1.807, 2.05) is 0 Å². The van der Waals surface area contributed by atoms with E-state index < -0.39 is 106 Å². The summed E-state index contributed by atoms with van der Waals surface area (Å²) in [4.78, 5) is 10.8. The maximum absolute atomic E-state index is 10.8. The lowest BCUT2D eigenvalue weighted by molar-refractivity contribution is -0.377. The smallest absolute Gasteiger partial charge is 0.187 e. The summed E-state index contributed by atoms with van der Waals surface area (Å²) in [6.45, 7) is -2.67. The Labute approximate surface area is 192 Å². The molecule has 2 rings (SSSR count). The standard InChI is InChI=1S/C18H32O16/c19-1-5(23)9(25)15(6(24)2-20)33-18-16(13(29)11(27)8(4-22)32-18)34-17-14(30)12(28)10(26)7(3-21)31-17/h1,5-18,20-30H,2-4H2/t5-,6+,7+,8+,9+,10+,11+,12-,13-,14+,15+,16+,17?,18?/m0/s1. The van der Waals surface area contributed by atoms with Crippen LogP contribution in [0.25, 0.3) is 0 Å². The minimum atomic E-state index is -2.12. The van der Waals surface area contributed by atoms with Crippen molar-refractivity contribution in [1.29, 1.82) is 0 Å². The van der Waals surface area contributed by atoms with Crippen molar-refractivity contribution in [3.8, 4) is 0 Å². The summed E-state index contributed by atoms with van der Waals surface area (Å²) in [6, 6.07) is 0. The van der Waals surface area contributed by atoms with Crippen LogP contribution >= 0.6 is 0 Å². The zero-order chi connectivity index (χ0) is 25.7. The molecule has 2 aliphatic heterocycles. The SMILES string of the molecule is O=C[C@H](O)[C@@H](O)[C@H](OC1O[C@H](CO)[C@@H](O)[C@H](O)[C@H]1OC1O[C@H](CO)[C@@H](O)[C@H](O)[C@H]1O)[C@H](O)CO. The van der Waals surface area contributed by atoms with E-state index in [-0.39, 0.29) is 6.29 Å². The summed E-state index contributed by atoms with van der Waals surface area (Å²) in [5.41, 5.74) is 0. The molecule has 0 aromatic heterocycles. The van der Waals surface area contributed by atoms with Gasteiger partial charge in [0.25, 0.3) is 0 Å². The van der Waals surface area contributed by atoms with E-state index in [4.69, 9.17) is 18.9 Å². The Bertz CT molecular complexity index is 623. The number of hydrogen-bond donors (Lipinski definition) is 11. The fourth-order valence-corrected chi connectivity index (χ4v) is 3.58. The molecule has 2 heterocycles. The minimum absolute atomic E-state index is 0.0795. The lowest BCUT2D eigenvalue weighted by atomic mass is 9.97. The van der Waals surface area contributed by atoms with Gasteiger partial charge in [-0.1, -0.05) is 0 Å². The summed E-state index contributed by atoms with van der Waals surface area (Å²) < 4.78 is 21.3. The third-order valence-electron chi connectivity index (χ3n) is 5.65. The van der Waals surface area contributed by atoms with Crippen molar-refractivity contribution >= 4 is 6.29 Å². The van der Waals surface area contributed by atoms with Crippen molar-refractivity contribution in [2.75, 3.05) is 19.8 Å². The predicted octanol–water partition coefficient (Wildman–Crippen LogP) is -7.73. The number of carbonyl (C=O) groups is 1. The van der Waals surface area contributed by atoms with Crippen molar-refractivity contribution in [2.45, 2.75) is 85.8 Å². The average Bonchev–Trinajstić information content (AvgIpc) is 2.84. The highest BCUT2D eigenvalue weighted by molar-refractivity contribution is 5.56. The van der Waals surface area contributed by atoms with Crippen LogP contribution in [0.4, 0.5) is 0 Å². The van der Waals surface area contributed by atoms with E-state index in [1.54, 1.807) is 0 Å². The molecule has 2 unspecified atom stereocenters. The molecule has 11 N–H and O–H groups in total. The van der Waals surface area contributed by atoms with Gasteiger partial charge in [0.2, 0.25) is 0 Å². The van der Waals surface area contributed by atoms with Crippen LogP contribution in [0, 0.1) is 0 Å². The molecular formula is C18H32O16. The number of aliphatic hydroxyl groups is 11. The molecule has 200 valence electrons. The second kappa shape index (κ2) is 12.9. The van der Waals surface area contributed by atoms with Crippen LogP contribution in [-0.2, 0) is 23.7 Å². The number of ether oxygens (including phenoxy) is 4. The van der Waals surface area contributed by atoms with Gasteiger partial charge < -0.3 is 79.9 Å². The Kier molecular flexibility index (Phi) is 11.1. The van der Waals surface area contributed by atoms with Crippen LogP contribution in [0.15, 0.2) is 0 Å². The van der Waals surface area contributed by atoms with Crippen LogP contribution in [0.5, 0.6) is 0 Å². The fourth-order valence-electron chi connectivity index (χ4n) is 3.58. The largest absolute Gasteiger partial charge is 0.394 e. The van der Waals surface area contributed by atoms with E-state index in [2.05, 4.69) is 0 Å². The van der Waals surface area contributed by atoms with Gasteiger partial charge in [0.1, 0.15) is 73.2 Å². The number of aliphatic hydroxyl groups excluding tert-OH is 11. The summed E-state index contributed by atoms with van der Waals surface area (Å²) in [5.74, 6) is 0. The van der Waals surface area contributed by atoms with Gasteiger partial charge in [-0.2, -0.15) is 0 Å². The van der Waals surface area contributed by atoms with E-state index in [0.717, 1.165) is 0 Å². The number of rotatable bonds is 11. The molecule has 0 saturated carbocycles. The molecule has 2 fully saturated rings. The van der Waals surface area contributed by atoms with Crippen molar-refractivity contribution in [3.63, 3.8) is 0 Å². The predicted molar refractivity (Wildman–Crippen MR) is 102 cm³/mol. The van der Waals surface area contributed by atoms with Crippen LogP contribution in [0.3, 0.4) is 0 Å². The second-order valence-electron chi connectivity index (χ2n) is 7.97. The van der Waals surface area contributed by atoms with Gasteiger partial charge >= 0.3 is 0 Å². The van der Waals surface area contributed by atoms with Gasteiger partial charge in [-0.25, -0.2) is 0 Å². The van der Waals surface area contributed by atoms with Gasteiger partial charge in [0.05, 0.1) is 19.8 Å². The highest BCUT2D eigenvalue weighted by atomic mass is 16.8. The normalized spacial score (nSPS) is 42.6. The van der Waals surface area contributed by atoms with Gasteiger partial charge in [0.15, 0.2) is 18.9 Å². The molecule has 0 aromatic carbocycles. The Morgan fingerprint density at radius 3 is 1.79 bits per heavy atom. The molecule has 14 atom stereocenters. The van der Waals surface area contributed by atoms with Crippen molar-refractivity contribution in [2.24, 2.45) is 0 Å². The molecule has 0 radical (unpaired) electrons. The van der Waals surface area contributed by atoms with Gasteiger partial charge in [-0.3, -0.25) is 0 Å². The minimum Gasteiger partial charge on any atom is -0.394 e. The molecule has 2 saturated heterocycles. The van der Waals surface area contributed by atoms with Gasteiger partial charge in [0, 0.05) is 0 Å². The van der Waals surface area contributed by atoms with E-state index in [9.17, 15) is 61.0 Å². The fraction of sp³-hybridized carbons (Fsp3) is 0.944. The van der Waals surface area contributed by atoms with Crippen LogP contribution < -0.4 is 0 Å². The topological polar surface area (TPSA) is 277 Å². The molecule has 0 bridgehead atoms. The summed E-state index contributed by atoms with van der Waals surface area (Å²) >= 11 is 0. The molecule has 16 heteroatoms. The molecule has 16 nitrogen and oxygen atoms in total.